The Balaban J connectivity index is 1.91. The van der Waals surface area contributed by atoms with Crippen LogP contribution in [-0.4, -0.2) is 37.8 Å². The van der Waals surface area contributed by atoms with Gasteiger partial charge in [0.1, 0.15) is 12.1 Å². The van der Waals surface area contributed by atoms with Gasteiger partial charge < -0.3 is 16.0 Å². The molecule has 0 radical (unpaired) electrons. The lowest BCUT2D eigenvalue weighted by Gasteiger charge is -2.31. The predicted molar refractivity (Wildman–Crippen MR) is 140 cm³/mol. The Bertz CT molecular complexity index is 1600. The number of allylic oxidation sites excluding steroid dienone is 2. The monoisotopic (exact) mass is 497 g/mol. The fraction of sp³-hybridized carbons (Fsp3) is 0.346. The summed E-state index contributed by atoms with van der Waals surface area (Å²) >= 11 is 0. The summed E-state index contributed by atoms with van der Waals surface area (Å²) in [4.78, 5) is 33.9. The molecule has 1 aromatic carbocycles. The third kappa shape index (κ3) is 4.97. The second-order valence-corrected chi connectivity index (χ2v) is 8.75. The number of benzene rings is 1. The van der Waals surface area contributed by atoms with Gasteiger partial charge >= 0.3 is 5.69 Å². The van der Waals surface area contributed by atoms with E-state index in [2.05, 4.69) is 22.1 Å². The van der Waals surface area contributed by atoms with Crippen LogP contribution < -0.4 is 27.2 Å². The molecule has 1 fully saturated rings. The summed E-state index contributed by atoms with van der Waals surface area (Å²) in [5, 5.41) is 22.1. The number of nitriles is 2. The lowest BCUT2D eigenvalue weighted by atomic mass is 10.1. The molecule has 3 heterocycles. The van der Waals surface area contributed by atoms with Gasteiger partial charge in [0.15, 0.2) is 16.7 Å². The molecule has 0 spiro atoms. The molecular formula is C26H27N9O2. The summed E-state index contributed by atoms with van der Waals surface area (Å²) in [5.41, 5.74) is 5.96. The summed E-state index contributed by atoms with van der Waals surface area (Å²) in [6.07, 6.45) is 1.79. The van der Waals surface area contributed by atoms with Gasteiger partial charge in [-0.1, -0.05) is 24.1 Å². The molecule has 188 valence electrons. The van der Waals surface area contributed by atoms with Gasteiger partial charge in [-0.15, -0.1) is 5.92 Å². The van der Waals surface area contributed by atoms with Gasteiger partial charge in [0.05, 0.1) is 18.8 Å². The third-order valence-electron chi connectivity index (χ3n) is 6.28. The fourth-order valence-electron chi connectivity index (χ4n) is 4.44. The molecule has 11 nitrogen and oxygen atoms in total. The van der Waals surface area contributed by atoms with Gasteiger partial charge in [-0.25, -0.2) is 4.79 Å². The number of aromatic nitrogens is 4. The Kier molecular flexibility index (Phi) is 7.43. The minimum absolute atomic E-state index is 0.0214. The van der Waals surface area contributed by atoms with Crippen LogP contribution in [0.2, 0.25) is 0 Å². The molecule has 0 amide bonds. The summed E-state index contributed by atoms with van der Waals surface area (Å²) in [7, 11) is 1.54. The first-order valence-corrected chi connectivity index (χ1v) is 11.8. The number of imidazole rings is 1. The standard InChI is InChI=1S/C26H27N9O2/c1-3-4-13-34-22-23(31-25(34)33-12-8-9-19(29)16-33)32(2)26(37)35(24(22)36)17-21(18(14-27)15-28)30-20-10-6-5-7-11-20/h5-7,10-11,19,30H,8-9,12-13,16-17,29H2,1-2H3. The molecule has 0 saturated carbocycles. The molecule has 0 aliphatic carbocycles. The van der Waals surface area contributed by atoms with Gasteiger partial charge in [0.2, 0.25) is 5.95 Å². The number of hydrogen-bond acceptors (Lipinski definition) is 8. The van der Waals surface area contributed by atoms with Gasteiger partial charge in [-0.2, -0.15) is 15.5 Å². The lowest BCUT2D eigenvalue weighted by Crippen LogP contribution is -2.44. The zero-order chi connectivity index (χ0) is 26.5. The topological polar surface area (TPSA) is 151 Å². The maximum atomic E-state index is 13.8. The van der Waals surface area contributed by atoms with Crippen molar-refractivity contribution in [2.24, 2.45) is 12.8 Å². The van der Waals surface area contributed by atoms with Crippen LogP contribution in [0.1, 0.15) is 19.8 Å². The number of hydrogen-bond donors (Lipinski definition) is 2. The van der Waals surface area contributed by atoms with Crippen molar-refractivity contribution in [1.29, 1.82) is 10.5 Å². The highest BCUT2D eigenvalue weighted by Crippen LogP contribution is 2.23. The van der Waals surface area contributed by atoms with Crippen LogP contribution in [0.3, 0.4) is 0 Å². The highest BCUT2D eigenvalue weighted by Gasteiger charge is 2.26. The number of nitrogens with zero attached hydrogens (tertiary/aromatic N) is 7. The van der Waals surface area contributed by atoms with Crippen molar-refractivity contribution < 1.29 is 0 Å². The number of aryl methyl sites for hydroxylation is 1. The van der Waals surface area contributed by atoms with Crippen LogP contribution in [0.25, 0.3) is 11.2 Å². The highest BCUT2D eigenvalue weighted by atomic mass is 16.2. The van der Waals surface area contributed by atoms with Gasteiger partial charge in [0, 0.05) is 31.9 Å². The molecule has 1 atom stereocenters. The molecule has 1 aliphatic rings. The van der Waals surface area contributed by atoms with E-state index < -0.39 is 11.2 Å². The number of para-hydroxylation sites is 1. The van der Waals surface area contributed by atoms with Crippen LogP contribution in [0.15, 0.2) is 51.2 Å². The van der Waals surface area contributed by atoms with E-state index in [1.54, 1.807) is 42.8 Å². The number of rotatable bonds is 6. The Labute approximate surface area is 213 Å². The van der Waals surface area contributed by atoms with E-state index >= 15 is 0 Å². The zero-order valence-corrected chi connectivity index (χ0v) is 20.7. The van der Waals surface area contributed by atoms with E-state index in [4.69, 9.17) is 5.73 Å². The molecule has 4 rings (SSSR count). The average molecular weight is 498 g/mol. The minimum Gasteiger partial charge on any atom is -0.356 e. The number of nitrogens with two attached hydrogens (primary N) is 1. The van der Waals surface area contributed by atoms with E-state index in [0.29, 0.717) is 18.2 Å². The maximum Gasteiger partial charge on any atom is 0.332 e. The van der Waals surface area contributed by atoms with Crippen LogP contribution in [0.4, 0.5) is 11.6 Å². The van der Waals surface area contributed by atoms with Crippen molar-refractivity contribution in [3.8, 4) is 24.0 Å². The molecule has 3 N–H and O–H groups in total. The van der Waals surface area contributed by atoms with Crippen LogP contribution in [0, 0.1) is 34.5 Å². The second-order valence-electron chi connectivity index (χ2n) is 8.75. The molecule has 1 aliphatic heterocycles. The normalized spacial score (nSPS) is 14.8. The Morgan fingerprint density at radius 3 is 2.57 bits per heavy atom. The number of piperidine rings is 1. The second kappa shape index (κ2) is 10.9. The highest BCUT2D eigenvalue weighted by molar-refractivity contribution is 5.75. The van der Waals surface area contributed by atoms with E-state index in [9.17, 15) is 20.1 Å². The average Bonchev–Trinajstić information content (AvgIpc) is 3.29. The van der Waals surface area contributed by atoms with Crippen molar-refractivity contribution in [1.82, 2.24) is 18.7 Å². The van der Waals surface area contributed by atoms with Crippen molar-refractivity contribution >= 4 is 22.8 Å². The summed E-state index contributed by atoms with van der Waals surface area (Å²) < 4.78 is 4.02. The molecule has 1 unspecified atom stereocenters. The van der Waals surface area contributed by atoms with Gasteiger partial charge in [-0.3, -0.25) is 18.5 Å². The number of anilines is 2. The quantitative estimate of drug-likeness (QED) is 0.382. The maximum absolute atomic E-state index is 13.8. The molecule has 0 bridgehead atoms. The molecule has 11 heteroatoms. The van der Waals surface area contributed by atoms with Crippen LogP contribution >= 0.6 is 0 Å². The van der Waals surface area contributed by atoms with E-state index in [1.807, 2.05) is 23.1 Å². The lowest BCUT2D eigenvalue weighted by molar-refractivity contribution is 0.496. The number of nitrogens with one attached hydrogen (secondary N) is 1. The van der Waals surface area contributed by atoms with Crippen molar-refractivity contribution in [3.05, 3.63) is 62.4 Å². The SMILES string of the molecule is CC#CCn1c(N2CCCC(N)C2)nc2c1c(=O)n(CC(Nc1ccccc1)=C(C#N)C#N)c(=O)n2C. The smallest absolute Gasteiger partial charge is 0.332 e. The fourth-order valence-corrected chi connectivity index (χ4v) is 4.44. The van der Waals surface area contributed by atoms with Crippen LogP contribution in [-0.2, 0) is 20.1 Å². The van der Waals surface area contributed by atoms with E-state index in [0.717, 1.165) is 24.0 Å². The first kappa shape index (κ1) is 25.3. The van der Waals surface area contributed by atoms with Crippen LogP contribution in [0.5, 0.6) is 0 Å². The van der Waals surface area contributed by atoms with Crippen molar-refractivity contribution in [3.63, 3.8) is 0 Å². The summed E-state index contributed by atoms with van der Waals surface area (Å²) in [6.45, 7) is 2.91. The first-order valence-electron chi connectivity index (χ1n) is 11.8. The first-order chi connectivity index (χ1) is 17.9. The predicted octanol–water partition coefficient (Wildman–Crippen LogP) is 1.26. The van der Waals surface area contributed by atoms with Crippen molar-refractivity contribution in [2.45, 2.75) is 38.9 Å². The Morgan fingerprint density at radius 2 is 1.92 bits per heavy atom. The van der Waals surface area contributed by atoms with Gasteiger partial charge in [0.25, 0.3) is 5.56 Å². The molecule has 2 aromatic heterocycles. The number of fused-ring (bicyclic) bond motifs is 1. The summed E-state index contributed by atoms with van der Waals surface area (Å²) in [5.74, 6) is 6.38. The molecule has 3 aromatic rings. The molecule has 37 heavy (non-hydrogen) atoms. The molecular weight excluding hydrogens is 470 g/mol. The summed E-state index contributed by atoms with van der Waals surface area (Å²) in [6, 6.07) is 12.6. The third-order valence-corrected chi connectivity index (χ3v) is 6.28. The minimum atomic E-state index is -0.617. The van der Waals surface area contributed by atoms with E-state index in [1.165, 1.54) is 4.57 Å². The van der Waals surface area contributed by atoms with Crippen molar-refractivity contribution in [2.75, 3.05) is 23.3 Å². The largest absolute Gasteiger partial charge is 0.356 e. The Morgan fingerprint density at radius 1 is 1.19 bits per heavy atom. The van der Waals surface area contributed by atoms with Gasteiger partial charge in [-0.05, 0) is 31.9 Å². The Hall–Kier alpha value is -4.79. The zero-order valence-electron chi connectivity index (χ0n) is 20.7. The van der Waals surface area contributed by atoms with E-state index in [-0.39, 0.29) is 41.6 Å². The molecule has 1 saturated heterocycles.